The molecule has 4 nitrogen and oxygen atoms in total. The smallest absolute Gasteiger partial charge is 0.287 e. The summed E-state index contributed by atoms with van der Waals surface area (Å²) < 4.78 is 1.29. The van der Waals surface area contributed by atoms with Crippen LogP contribution in [0.2, 0.25) is 5.02 Å². The van der Waals surface area contributed by atoms with E-state index in [1.54, 1.807) is 12.3 Å². The summed E-state index contributed by atoms with van der Waals surface area (Å²) in [6.07, 6.45) is 5.24. The molecule has 0 aliphatic carbocycles. The summed E-state index contributed by atoms with van der Waals surface area (Å²) in [4.78, 5) is 11.9. The molecule has 0 fully saturated rings. The first kappa shape index (κ1) is 14.8. The zero-order chi connectivity index (χ0) is 13.8. The maximum absolute atomic E-state index is 11.9. The van der Waals surface area contributed by atoms with Gasteiger partial charge in [-0.05, 0) is 20.3 Å². The standard InChI is InChI=1S/C13H20ClN3O/c1-5-7-13(3,4)16-10-9-15-17(8-6-2)12(18)11(10)14/h6,9,16H,2,5,7-8H2,1,3-4H3. The summed E-state index contributed by atoms with van der Waals surface area (Å²) in [5, 5.41) is 7.50. The van der Waals surface area contributed by atoms with Gasteiger partial charge in [-0.25, -0.2) is 4.68 Å². The van der Waals surface area contributed by atoms with Gasteiger partial charge in [-0.15, -0.1) is 6.58 Å². The summed E-state index contributed by atoms with van der Waals surface area (Å²) in [6, 6.07) is 0. The van der Waals surface area contributed by atoms with Crippen molar-refractivity contribution in [3.8, 4) is 0 Å². The van der Waals surface area contributed by atoms with Gasteiger partial charge < -0.3 is 5.32 Å². The highest BCUT2D eigenvalue weighted by atomic mass is 35.5. The number of nitrogens with zero attached hydrogens (tertiary/aromatic N) is 2. The zero-order valence-corrected chi connectivity index (χ0v) is 11.9. The Balaban J connectivity index is 3.02. The molecular formula is C13H20ClN3O. The molecule has 0 unspecified atom stereocenters. The average Bonchev–Trinajstić information content (AvgIpc) is 2.29. The Morgan fingerprint density at radius 2 is 2.28 bits per heavy atom. The van der Waals surface area contributed by atoms with Gasteiger partial charge in [0.25, 0.3) is 5.56 Å². The van der Waals surface area contributed by atoms with Crippen LogP contribution in [0.4, 0.5) is 5.69 Å². The van der Waals surface area contributed by atoms with Crippen LogP contribution in [0, 0.1) is 0 Å². The highest BCUT2D eigenvalue weighted by molar-refractivity contribution is 6.32. The SMILES string of the molecule is C=CCn1ncc(NC(C)(C)CCC)c(Cl)c1=O. The Labute approximate surface area is 113 Å². The number of allylic oxidation sites excluding steroid dienone is 1. The number of aromatic nitrogens is 2. The first-order chi connectivity index (χ1) is 8.41. The lowest BCUT2D eigenvalue weighted by molar-refractivity contribution is 0.509. The molecule has 0 aliphatic rings. The summed E-state index contributed by atoms with van der Waals surface area (Å²) in [7, 11) is 0. The van der Waals surface area contributed by atoms with Crippen LogP contribution in [-0.4, -0.2) is 15.3 Å². The third kappa shape index (κ3) is 3.60. The zero-order valence-electron chi connectivity index (χ0n) is 11.2. The monoisotopic (exact) mass is 269 g/mol. The minimum Gasteiger partial charge on any atom is -0.377 e. The molecule has 5 heteroatoms. The van der Waals surface area contributed by atoms with E-state index < -0.39 is 0 Å². The Morgan fingerprint density at radius 1 is 1.61 bits per heavy atom. The minimum absolute atomic E-state index is 0.114. The highest BCUT2D eigenvalue weighted by Gasteiger charge is 2.19. The van der Waals surface area contributed by atoms with Crippen molar-refractivity contribution in [3.05, 3.63) is 34.2 Å². The second-order valence-corrected chi connectivity index (χ2v) is 5.29. The van der Waals surface area contributed by atoms with Crippen LogP contribution in [0.3, 0.4) is 0 Å². The van der Waals surface area contributed by atoms with E-state index in [9.17, 15) is 4.79 Å². The Morgan fingerprint density at radius 3 is 2.83 bits per heavy atom. The molecule has 0 saturated heterocycles. The van der Waals surface area contributed by atoms with Crippen LogP contribution in [0.25, 0.3) is 0 Å². The van der Waals surface area contributed by atoms with Gasteiger partial charge in [0.2, 0.25) is 0 Å². The molecular weight excluding hydrogens is 250 g/mol. The van der Waals surface area contributed by atoms with Gasteiger partial charge >= 0.3 is 0 Å². The van der Waals surface area contributed by atoms with Crippen LogP contribution >= 0.6 is 11.6 Å². The van der Waals surface area contributed by atoms with Crippen LogP contribution < -0.4 is 10.9 Å². The van der Waals surface area contributed by atoms with Gasteiger partial charge in [-0.1, -0.05) is 31.0 Å². The fourth-order valence-corrected chi connectivity index (χ4v) is 2.05. The largest absolute Gasteiger partial charge is 0.377 e. The van der Waals surface area contributed by atoms with Crippen molar-refractivity contribution in [2.75, 3.05) is 5.32 Å². The van der Waals surface area contributed by atoms with Crippen molar-refractivity contribution < 1.29 is 0 Å². The van der Waals surface area contributed by atoms with Gasteiger partial charge in [0.05, 0.1) is 18.4 Å². The Kier molecular flexibility index (Phi) is 4.96. The van der Waals surface area contributed by atoms with Crippen molar-refractivity contribution in [1.29, 1.82) is 0 Å². The van der Waals surface area contributed by atoms with E-state index in [2.05, 4.69) is 37.8 Å². The fourth-order valence-electron chi connectivity index (χ4n) is 1.86. The summed E-state index contributed by atoms with van der Waals surface area (Å²) >= 11 is 6.07. The second kappa shape index (κ2) is 6.05. The quantitative estimate of drug-likeness (QED) is 0.808. The third-order valence-electron chi connectivity index (χ3n) is 2.63. The summed E-state index contributed by atoms with van der Waals surface area (Å²) in [6.45, 7) is 10.2. The van der Waals surface area contributed by atoms with Crippen LogP contribution in [0.5, 0.6) is 0 Å². The molecule has 0 aliphatic heterocycles. The van der Waals surface area contributed by atoms with Crippen molar-refractivity contribution in [2.45, 2.75) is 45.7 Å². The molecule has 0 aromatic carbocycles. The van der Waals surface area contributed by atoms with E-state index in [4.69, 9.17) is 11.6 Å². The molecule has 18 heavy (non-hydrogen) atoms. The topological polar surface area (TPSA) is 46.9 Å². The molecule has 1 N–H and O–H groups in total. The van der Waals surface area contributed by atoms with Crippen molar-refractivity contribution in [1.82, 2.24) is 9.78 Å². The first-order valence-corrected chi connectivity index (χ1v) is 6.43. The lowest BCUT2D eigenvalue weighted by Gasteiger charge is -2.27. The van der Waals surface area contributed by atoms with Crippen LogP contribution in [0.15, 0.2) is 23.6 Å². The first-order valence-electron chi connectivity index (χ1n) is 6.06. The Hall–Kier alpha value is -1.29. The average molecular weight is 270 g/mol. The normalized spacial score (nSPS) is 11.3. The molecule has 1 aromatic heterocycles. The van der Waals surface area contributed by atoms with Gasteiger partial charge in [0.1, 0.15) is 5.02 Å². The van der Waals surface area contributed by atoms with E-state index in [-0.39, 0.29) is 16.1 Å². The second-order valence-electron chi connectivity index (χ2n) is 4.91. The number of rotatable bonds is 6. The number of anilines is 1. The summed E-state index contributed by atoms with van der Waals surface area (Å²) in [5.74, 6) is 0. The van der Waals surface area contributed by atoms with Gasteiger partial charge in [0, 0.05) is 5.54 Å². The molecule has 1 rings (SSSR count). The van der Waals surface area contributed by atoms with Gasteiger partial charge in [-0.3, -0.25) is 4.79 Å². The molecule has 0 spiro atoms. The molecule has 1 heterocycles. The lowest BCUT2D eigenvalue weighted by atomic mass is 9.99. The molecule has 0 atom stereocenters. The van der Waals surface area contributed by atoms with Crippen molar-refractivity contribution in [2.24, 2.45) is 0 Å². The predicted molar refractivity (Wildman–Crippen MR) is 76.3 cm³/mol. The van der Waals surface area contributed by atoms with Crippen molar-refractivity contribution >= 4 is 17.3 Å². The van der Waals surface area contributed by atoms with E-state index in [0.29, 0.717) is 12.2 Å². The minimum atomic E-state index is -0.297. The molecule has 100 valence electrons. The fraction of sp³-hybridized carbons (Fsp3) is 0.538. The number of hydrogen-bond acceptors (Lipinski definition) is 3. The van der Waals surface area contributed by atoms with E-state index in [1.807, 2.05) is 0 Å². The summed E-state index contributed by atoms with van der Waals surface area (Å²) in [5.41, 5.74) is 0.172. The molecule has 0 amide bonds. The van der Waals surface area contributed by atoms with Crippen LogP contribution in [-0.2, 0) is 6.54 Å². The molecule has 1 aromatic rings. The third-order valence-corrected chi connectivity index (χ3v) is 3.00. The van der Waals surface area contributed by atoms with Crippen LogP contribution in [0.1, 0.15) is 33.6 Å². The lowest BCUT2D eigenvalue weighted by Crippen LogP contribution is -2.32. The maximum Gasteiger partial charge on any atom is 0.287 e. The molecule has 0 saturated carbocycles. The van der Waals surface area contributed by atoms with E-state index in [1.165, 1.54) is 4.68 Å². The number of hydrogen-bond donors (Lipinski definition) is 1. The van der Waals surface area contributed by atoms with Crippen molar-refractivity contribution in [3.63, 3.8) is 0 Å². The Bertz CT molecular complexity index is 480. The van der Waals surface area contributed by atoms with E-state index in [0.717, 1.165) is 12.8 Å². The van der Waals surface area contributed by atoms with Gasteiger partial charge in [0.15, 0.2) is 0 Å². The number of halogens is 1. The van der Waals surface area contributed by atoms with Gasteiger partial charge in [-0.2, -0.15) is 5.10 Å². The number of nitrogens with one attached hydrogen (secondary N) is 1. The maximum atomic E-state index is 11.9. The molecule has 0 radical (unpaired) electrons. The predicted octanol–water partition coefficient (Wildman–Crippen LogP) is 3.07. The van der Waals surface area contributed by atoms with E-state index >= 15 is 0 Å². The molecule has 0 bridgehead atoms. The highest BCUT2D eigenvalue weighted by Crippen LogP contribution is 2.23.